The van der Waals surface area contributed by atoms with Gasteiger partial charge in [0.2, 0.25) is 10.0 Å². The van der Waals surface area contributed by atoms with Crippen molar-refractivity contribution in [1.82, 2.24) is 4.72 Å². The van der Waals surface area contributed by atoms with Crippen molar-refractivity contribution in [3.8, 4) is 5.75 Å². The van der Waals surface area contributed by atoms with Gasteiger partial charge in [-0.15, -0.1) is 0 Å². The third-order valence-corrected chi connectivity index (χ3v) is 13.2. The van der Waals surface area contributed by atoms with Crippen molar-refractivity contribution < 1.29 is 32.2 Å². The Labute approximate surface area is 284 Å². The highest BCUT2D eigenvalue weighted by Crippen LogP contribution is 2.46. The van der Waals surface area contributed by atoms with Crippen LogP contribution in [0.2, 0.25) is 5.02 Å². The molecule has 2 fully saturated rings. The van der Waals surface area contributed by atoms with Gasteiger partial charge >= 0.3 is 0 Å². The monoisotopic (exact) mass is 688 g/mol. The average Bonchev–Trinajstić information content (AvgIpc) is 3.08. The van der Waals surface area contributed by atoms with E-state index in [1.165, 1.54) is 5.56 Å². The van der Waals surface area contributed by atoms with Crippen molar-refractivity contribution in [2.45, 2.75) is 89.5 Å². The molecule has 11 heteroatoms. The Bertz CT molecular complexity index is 1510. The molecular weight excluding hydrogens is 640 g/mol. The van der Waals surface area contributed by atoms with E-state index in [1.807, 2.05) is 37.3 Å². The van der Waals surface area contributed by atoms with Crippen LogP contribution in [0.5, 0.6) is 5.75 Å². The molecule has 9 nitrogen and oxygen atoms in total. The Balaban J connectivity index is 1.35. The summed E-state index contributed by atoms with van der Waals surface area (Å²) in [6.45, 7) is 6.62. The van der Waals surface area contributed by atoms with Crippen LogP contribution in [0.25, 0.3) is 0 Å². The van der Waals surface area contributed by atoms with Gasteiger partial charge in [-0.3, -0.25) is 4.79 Å². The number of fused-ring (bicyclic) bond motifs is 3. The summed E-state index contributed by atoms with van der Waals surface area (Å²) in [6, 6.07) is 11.2. The van der Waals surface area contributed by atoms with E-state index in [-0.39, 0.29) is 24.2 Å². The first-order chi connectivity index (χ1) is 22.6. The predicted molar refractivity (Wildman–Crippen MR) is 182 cm³/mol. The molecule has 1 N–H and O–H groups in total. The Morgan fingerprint density at radius 2 is 1.74 bits per heavy atom. The molecule has 47 heavy (non-hydrogen) atoms. The predicted octanol–water partition coefficient (Wildman–Crippen LogP) is 6.36. The molecule has 1 saturated heterocycles. The van der Waals surface area contributed by atoms with Gasteiger partial charge in [0.25, 0.3) is 5.91 Å². The lowest BCUT2D eigenvalue weighted by Gasteiger charge is -2.48. The molecule has 258 valence electrons. The second-order valence-corrected chi connectivity index (χ2v) is 16.4. The molecule has 0 radical (unpaired) electrons. The fourth-order valence-electron chi connectivity index (χ4n) is 7.68. The molecule has 1 aliphatic carbocycles. The lowest BCUT2D eigenvalue weighted by molar-refractivity contribution is -0.255. The van der Waals surface area contributed by atoms with Crippen molar-refractivity contribution in [3.05, 3.63) is 58.1 Å². The molecule has 0 unspecified atom stereocenters. The van der Waals surface area contributed by atoms with Crippen LogP contribution in [-0.4, -0.2) is 65.4 Å². The fraction of sp³-hybridized carbons (Fsp3) is 0.639. The molecule has 0 aromatic heterocycles. The molecule has 3 aliphatic heterocycles. The average molecular weight is 689 g/mol. The number of benzene rings is 2. The number of methoxy groups -OCH3 is 1. The topological polar surface area (TPSA) is 103 Å². The number of amides is 1. The standard InChI is InChI=1S/C36H49ClN2O7S/c1-23-7-6-9-32(36-45-21-30(43-3)22-46-36)31-14-11-27(31)19-39-16-5-4-8-25-17-29(37)13-10-28(25)20-44-34-15-12-26(18-33(34)39)35(40)38-47(41,42)24(23)2/h10,12-13,15,17-18,23-24,27,30-32,36H,4-9,11,14,16,19-22H2,1-3H3,(H,38,40)/t23-,24+,27-,30?,31+,32-,36?/m0/s1. The van der Waals surface area contributed by atoms with E-state index >= 15 is 0 Å². The summed E-state index contributed by atoms with van der Waals surface area (Å²) >= 11 is 6.36. The number of anilines is 1. The van der Waals surface area contributed by atoms with Crippen LogP contribution in [0.4, 0.5) is 5.69 Å². The maximum absolute atomic E-state index is 13.5. The van der Waals surface area contributed by atoms with Gasteiger partial charge in [0, 0.05) is 36.7 Å². The first kappa shape index (κ1) is 34.5. The maximum atomic E-state index is 13.5. The summed E-state index contributed by atoms with van der Waals surface area (Å²) in [6.07, 6.45) is 7.13. The zero-order valence-electron chi connectivity index (χ0n) is 27.8. The minimum absolute atomic E-state index is 0.0677. The molecule has 0 spiro atoms. The Morgan fingerprint density at radius 1 is 0.936 bits per heavy atom. The molecule has 2 bridgehead atoms. The van der Waals surface area contributed by atoms with Crippen LogP contribution < -0.4 is 14.4 Å². The first-order valence-electron chi connectivity index (χ1n) is 17.2. The van der Waals surface area contributed by atoms with Gasteiger partial charge in [0.05, 0.1) is 24.2 Å². The number of halogens is 1. The summed E-state index contributed by atoms with van der Waals surface area (Å²) in [5.74, 6) is 0.949. The van der Waals surface area contributed by atoms with Gasteiger partial charge in [-0.1, -0.05) is 31.0 Å². The number of nitrogens with zero attached hydrogens (tertiary/aromatic N) is 1. The normalized spacial score (nSPS) is 32.0. The van der Waals surface area contributed by atoms with Gasteiger partial charge in [-0.25, -0.2) is 13.1 Å². The number of nitrogens with one attached hydrogen (secondary N) is 1. The minimum Gasteiger partial charge on any atom is -0.487 e. The van der Waals surface area contributed by atoms with Crippen LogP contribution in [0.3, 0.4) is 0 Å². The van der Waals surface area contributed by atoms with E-state index in [0.29, 0.717) is 48.0 Å². The second-order valence-electron chi connectivity index (χ2n) is 13.9. The highest BCUT2D eigenvalue weighted by molar-refractivity contribution is 7.90. The van der Waals surface area contributed by atoms with Gasteiger partial charge in [-0.05, 0) is 111 Å². The van der Waals surface area contributed by atoms with Crippen LogP contribution >= 0.6 is 11.6 Å². The summed E-state index contributed by atoms with van der Waals surface area (Å²) in [5.41, 5.74) is 3.39. The third-order valence-electron chi connectivity index (χ3n) is 11.0. The van der Waals surface area contributed by atoms with Gasteiger partial charge in [-0.2, -0.15) is 0 Å². The number of aryl methyl sites for hydroxylation is 1. The van der Waals surface area contributed by atoms with Gasteiger partial charge in [0.1, 0.15) is 18.5 Å². The number of ether oxygens (including phenoxy) is 4. The minimum atomic E-state index is -3.91. The van der Waals surface area contributed by atoms with Crippen molar-refractivity contribution >= 4 is 33.2 Å². The van der Waals surface area contributed by atoms with Crippen LogP contribution in [0.15, 0.2) is 36.4 Å². The van der Waals surface area contributed by atoms with Crippen LogP contribution in [0, 0.1) is 23.7 Å². The lowest BCUT2D eigenvalue weighted by atomic mass is 9.65. The zero-order valence-corrected chi connectivity index (χ0v) is 29.4. The van der Waals surface area contributed by atoms with E-state index < -0.39 is 21.2 Å². The molecule has 3 heterocycles. The van der Waals surface area contributed by atoms with Gasteiger partial charge < -0.3 is 23.8 Å². The van der Waals surface area contributed by atoms with Crippen LogP contribution in [-0.2, 0) is 37.3 Å². The number of hydrogen-bond donors (Lipinski definition) is 1. The summed E-state index contributed by atoms with van der Waals surface area (Å²) in [4.78, 5) is 15.8. The molecule has 2 aromatic carbocycles. The van der Waals surface area contributed by atoms with Crippen molar-refractivity contribution in [2.75, 3.05) is 38.3 Å². The lowest BCUT2D eigenvalue weighted by Crippen LogP contribution is -2.49. The maximum Gasteiger partial charge on any atom is 0.264 e. The number of carbonyl (C=O) groups is 1. The van der Waals surface area contributed by atoms with E-state index in [0.717, 1.165) is 75.7 Å². The summed E-state index contributed by atoms with van der Waals surface area (Å²) in [7, 11) is -2.22. The SMILES string of the molecule is COC1COC([C@H]2CCC[C@H](C)[C@@H](C)S(=O)(=O)NC(=O)c3ccc4c(c3)N(CCCCc3cc(Cl)ccc3CO4)C[C@@H]3CC[C@H]32)OC1. The second kappa shape index (κ2) is 15.0. The Morgan fingerprint density at radius 3 is 2.49 bits per heavy atom. The molecule has 6 rings (SSSR count). The van der Waals surface area contributed by atoms with E-state index in [9.17, 15) is 13.2 Å². The highest BCUT2D eigenvalue weighted by atomic mass is 35.5. The number of hydrogen-bond acceptors (Lipinski definition) is 8. The molecule has 4 aliphatic rings. The van der Waals surface area contributed by atoms with Crippen molar-refractivity contribution in [3.63, 3.8) is 0 Å². The van der Waals surface area contributed by atoms with Gasteiger partial charge in [0.15, 0.2) is 6.29 Å². The first-order valence-corrected chi connectivity index (χ1v) is 19.2. The zero-order chi connectivity index (χ0) is 33.1. The fourth-order valence-corrected chi connectivity index (χ4v) is 9.19. The van der Waals surface area contributed by atoms with Crippen LogP contribution in [0.1, 0.15) is 80.3 Å². The molecule has 2 aromatic rings. The summed E-state index contributed by atoms with van der Waals surface area (Å²) in [5, 5.41) is -0.0131. The number of sulfonamides is 1. The summed E-state index contributed by atoms with van der Waals surface area (Å²) < 4.78 is 53.7. The molecule has 1 amide bonds. The van der Waals surface area contributed by atoms with E-state index in [2.05, 4.69) is 9.62 Å². The molecule has 5 atom stereocenters. The third kappa shape index (κ3) is 7.93. The Kier molecular flexibility index (Phi) is 11.0. The number of rotatable bonds is 2. The number of carbonyl (C=O) groups excluding carboxylic acids is 1. The molecule has 1 saturated carbocycles. The molecular formula is C36H49ClN2O7S. The smallest absolute Gasteiger partial charge is 0.264 e. The van der Waals surface area contributed by atoms with Crippen molar-refractivity contribution in [1.29, 1.82) is 0 Å². The van der Waals surface area contributed by atoms with E-state index in [1.54, 1.807) is 20.1 Å². The van der Waals surface area contributed by atoms with Crippen molar-refractivity contribution in [2.24, 2.45) is 23.7 Å². The Hall–Kier alpha value is -2.37. The van der Waals surface area contributed by atoms with E-state index in [4.69, 9.17) is 30.5 Å². The quantitative estimate of drug-likeness (QED) is 0.389. The highest BCUT2D eigenvalue weighted by Gasteiger charge is 2.43. The largest absolute Gasteiger partial charge is 0.487 e.